The van der Waals surface area contributed by atoms with E-state index in [-0.39, 0.29) is 11.8 Å². The Labute approximate surface area is 149 Å². The van der Waals surface area contributed by atoms with Gasteiger partial charge in [0.25, 0.3) is 0 Å². The van der Waals surface area contributed by atoms with E-state index >= 15 is 0 Å². The number of benzene rings is 1. The molecule has 1 saturated heterocycles. The average molecular weight is 349 g/mol. The maximum Gasteiger partial charge on any atom is 0.228 e. The Morgan fingerprint density at radius 3 is 2.79 bits per heavy atom. The van der Waals surface area contributed by atoms with Gasteiger partial charge in [-0.25, -0.2) is 0 Å². The predicted octanol–water partition coefficient (Wildman–Crippen LogP) is 2.88. The van der Waals surface area contributed by atoms with Crippen LogP contribution in [0.3, 0.4) is 0 Å². The number of hydrogen-bond acceptors (Lipinski definition) is 4. The molecule has 0 spiro atoms. The molecule has 24 heavy (non-hydrogen) atoms. The van der Waals surface area contributed by atoms with Crippen molar-refractivity contribution in [2.24, 2.45) is 0 Å². The molecular formula is C19H28N2O2S. The molecule has 2 heterocycles. The lowest BCUT2D eigenvalue weighted by atomic mass is 10.0. The molecule has 1 aromatic rings. The van der Waals surface area contributed by atoms with Crippen LogP contribution in [0.15, 0.2) is 29.2 Å². The molecule has 0 unspecified atom stereocenters. The summed E-state index contributed by atoms with van der Waals surface area (Å²) in [6.45, 7) is 8.19. The van der Waals surface area contributed by atoms with Gasteiger partial charge in [0.1, 0.15) is 0 Å². The van der Waals surface area contributed by atoms with E-state index in [0.29, 0.717) is 12.2 Å². The summed E-state index contributed by atoms with van der Waals surface area (Å²) >= 11 is 1.79. The van der Waals surface area contributed by atoms with Crippen molar-refractivity contribution in [3.63, 3.8) is 0 Å². The number of rotatable bonds is 6. The third-order valence-corrected chi connectivity index (χ3v) is 5.89. The second kappa shape index (κ2) is 8.37. The van der Waals surface area contributed by atoms with Crippen LogP contribution >= 0.6 is 11.8 Å². The lowest BCUT2D eigenvalue weighted by Gasteiger charge is -2.35. The normalized spacial score (nSPS) is 27.0. The predicted molar refractivity (Wildman–Crippen MR) is 98.6 cm³/mol. The van der Waals surface area contributed by atoms with Crippen LogP contribution in [0.5, 0.6) is 0 Å². The number of amides is 1. The summed E-state index contributed by atoms with van der Waals surface area (Å²) in [4.78, 5) is 16.1. The minimum atomic E-state index is 0.0205. The Morgan fingerprint density at radius 2 is 2.00 bits per heavy atom. The summed E-state index contributed by atoms with van der Waals surface area (Å²) in [6.07, 6.45) is 2.81. The maximum absolute atomic E-state index is 12.4. The molecule has 0 saturated carbocycles. The molecule has 1 N–H and O–H groups in total. The fourth-order valence-corrected chi connectivity index (χ4v) is 4.87. The van der Waals surface area contributed by atoms with Gasteiger partial charge in [0.05, 0.1) is 18.1 Å². The van der Waals surface area contributed by atoms with Gasteiger partial charge >= 0.3 is 0 Å². The van der Waals surface area contributed by atoms with Crippen LogP contribution in [0, 0.1) is 0 Å². The number of fused-ring (bicyclic) bond motifs is 1. The van der Waals surface area contributed by atoms with E-state index in [4.69, 9.17) is 4.74 Å². The zero-order chi connectivity index (χ0) is 16.9. The van der Waals surface area contributed by atoms with Gasteiger partial charge in [-0.05, 0) is 44.9 Å². The Hall–Kier alpha value is -1.04. The third-order valence-electron chi connectivity index (χ3n) is 4.71. The van der Waals surface area contributed by atoms with Crippen LogP contribution in [-0.2, 0) is 9.53 Å². The number of nitrogens with one attached hydrogen (secondary N) is 1. The smallest absolute Gasteiger partial charge is 0.228 e. The SMILES string of the molecule is C[C@H]1CN(CCCCNC(=O)[C@@H]2CSc3ccccc32)C[C@H](C)O1. The summed E-state index contributed by atoms with van der Waals surface area (Å²) in [5, 5.41) is 3.13. The molecule has 3 atom stereocenters. The Balaban J connectivity index is 1.35. The van der Waals surface area contributed by atoms with Crippen LogP contribution in [0.2, 0.25) is 0 Å². The zero-order valence-corrected chi connectivity index (χ0v) is 15.5. The van der Waals surface area contributed by atoms with Gasteiger partial charge in [-0.15, -0.1) is 11.8 Å². The lowest BCUT2D eigenvalue weighted by Crippen LogP contribution is -2.45. The van der Waals surface area contributed by atoms with Crippen LogP contribution in [0.4, 0.5) is 0 Å². The fraction of sp³-hybridized carbons (Fsp3) is 0.632. The molecule has 3 rings (SSSR count). The van der Waals surface area contributed by atoms with Crippen LogP contribution in [-0.4, -0.2) is 54.9 Å². The van der Waals surface area contributed by atoms with Gasteiger partial charge in [-0.2, -0.15) is 0 Å². The van der Waals surface area contributed by atoms with E-state index in [9.17, 15) is 4.79 Å². The molecule has 4 nitrogen and oxygen atoms in total. The van der Waals surface area contributed by atoms with Crippen molar-refractivity contribution in [3.05, 3.63) is 29.8 Å². The summed E-state index contributed by atoms with van der Waals surface area (Å²) in [6, 6.07) is 8.26. The fourth-order valence-electron chi connectivity index (χ4n) is 3.64. The maximum atomic E-state index is 12.4. The largest absolute Gasteiger partial charge is 0.373 e. The van der Waals surface area contributed by atoms with Crippen molar-refractivity contribution in [1.29, 1.82) is 0 Å². The zero-order valence-electron chi connectivity index (χ0n) is 14.7. The molecule has 1 amide bonds. The van der Waals surface area contributed by atoms with E-state index in [1.54, 1.807) is 11.8 Å². The second-order valence-electron chi connectivity index (χ2n) is 6.92. The summed E-state index contributed by atoms with van der Waals surface area (Å²) in [5.74, 6) is 1.07. The summed E-state index contributed by atoms with van der Waals surface area (Å²) in [5.41, 5.74) is 1.19. The standard InChI is InChI=1S/C19H28N2O2S/c1-14-11-21(12-15(2)23-14)10-6-5-9-20-19(22)17-13-24-18-8-4-3-7-16(17)18/h3-4,7-8,14-15,17H,5-6,9-13H2,1-2H3,(H,20,22)/t14-,15-,17+/m0/s1. The van der Waals surface area contributed by atoms with Crippen molar-refractivity contribution >= 4 is 17.7 Å². The first-order valence-corrected chi connectivity index (χ1v) is 9.99. The molecule has 0 bridgehead atoms. The Kier molecular flexibility index (Phi) is 6.19. The molecule has 1 aromatic carbocycles. The average Bonchev–Trinajstić information content (AvgIpc) is 2.97. The molecule has 132 valence electrons. The van der Waals surface area contributed by atoms with Gasteiger partial charge in [0, 0.05) is 30.3 Å². The van der Waals surface area contributed by atoms with E-state index in [0.717, 1.165) is 44.8 Å². The van der Waals surface area contributed by atoms with Gasteiger partial charge in [0.15, 0.2) is 0 Å². The first kappa shape index (κ1) is 17.8. The number of carbonyl (C=O) groups excluding carboxylic acids is 1. The van der Waals surface area contributed by atoms with Gasteiger partial charge in [-0.1, -0.05) is 18.2 Å². The van der Waals surface area contributed by atoms with Crippen LogP contribution in [0.1, 0.15) is 38.2 Å². The number of carbonyl (C=O) groups is 1. The van der Waals surface area contributed by atoms with Crippen molar-refractivity contribution in [1.82, 2.24) is 10.2 Å². The van der Waals surface area contributed by atoms with Gasteiger partial charge in [-0.3, -0.25) is 9.69 Å². The molecule has 0 radical (unpaired) electrons. The number of morpholine rings is 1. The first-order valence-electron chi connectivity index (χ1n) is 9.00. The molecule has 1 fully saturated rings. The number of nitrogens with zero attached hydrogens (tertiary/aromatic N) is 1. The number of unbranched alkanes of at least 4 members (excludes halogenated alkanes) is 1. The quantitative estimate of drug-likeness (QED) is 0.803. The monoisotopic (exact) mass is 348 g/mol. The minimum Gasteiger partial charge on any atom is -0.373 e. The highest BCUT2D eigenvalue weighted by Gasteiger charge is 2.28. The molecule has 2 aliphatic rings. The van der Waals surface area contributed by atoms with Crippen molar-refractivity contribution in [3.8, 4) is 0 Å². The lowest BCUT2D eigenvalue weighted by molar-refractivity contribution is -0.122. The van der Waals surface area contributed by atoms with Crippen LogP contribution < -0.4 is 5.32 Å². The topological polar surface area (TPSA) is 41.6 Å². The van der Waals surface area contributed by atoms with E-state index < -0.39 is 0 Å². The van der Waals surface area contributed by atoms with Crippen molar-refractivity contribution in [2.45, 2.75) is 49.7 Å². The van der Waals surface area contributed by atoms with Crippen LogP contribution in [0.25, 0.3) is 0 Å². The molecule has 5 heteroatoms. The number of hydrogen-bond donors (Lipinski definition) is 1. The first-order chi connectivity index (χ1) is 11.6. The highest BCUT2D eigenvalue weighted by molar-refractivity contribution is 7.99. The second-order valence-corrected chi connectivity index (χ2v) is 7.98. The molecule has 0 aromatic heterocycles. The van der Waals surface area contributed by atoms with Gasteiger partial charge < -0.3 is 10.1 Å². The van der Waals surface area contributed by atoms with Crippen molar-refractivity contribution in [2.75, 3.05) is 31.9 Å². The minimum absolute atomic E-state index is 0.0205. The molecule has 0 aliphatic carbocycles. The molecule has 2 aliphatic heterocycles. The van der Waals surface area contributed by atoms with E-state index in [2.05, 4.69) is 36.2 Å². The number of thioether (sulfide) groups is 1. The Morgan fingerprint density at radius 1 is 1.25 bits per heavy atom. The van der Waals surface area contributed by atoms with E-state index in [1.165, 1.54) is 10.5 Å². The molecular weight excluding hydrogens is 320 g/mol. The Bertz CT molecular complexity index is 556. The highest BCUT2D eigenvalue weighted by atomic mass is 32.2. The van der Waals surface area contributed by atoms with E-state index in [1.807, 2.05) is 12.1 Å². The summed E-state index contributed by atoms with van der Waals surface area (Å²) < 4.78 is 5.76. The third kappa shape index (κ3) is 4.52. The highest BCUT2D eigenvalue weighted by Crippen LogP contribution is 2.39. The number of ether oxygens (including phenoxy) is 1. The van der Waals surface area contributed by atoms with Gasteiger partial charge in [0.2, 0.25) is 5.91 Å². The van der Waals surface area contributed by atoms with Crippen molar-refractivity contribution < 1.29 is 9.53 Å². The summed E-state index contributed by atoms with van der Waals surface area (Å²) in [7, 11) is 0.